The number of aliphatic hydroxyl groups excluding tert-OH is 7. The lowest BCUT2D eigenvalue weighted by molar-refractivity contribution is -0.322. The van der Waals surface area contributed by atoms with Crippen LogP contribution in [0.4, 0.5) is 0 Å². The van der Waals surface area contributed by atoms with Gasteiger partial charge >= 0.3 is 0 Å². The Morgan fingerprint density at radius 2 is 1.32 bits per heavy atom. The molecule has 7 N–H and O–H groups in total. The van der Waals surface area contributed by atoms with E-state index in [0.717, 1.165) is 0 Å². The van der Waals surface area contributed by atoms with Crippen molar-refractivity contribution >= 4 is 0 Å². The van der Waals surface area contributed by atoms with Crippen molar-refractivity contribution in [2.24, 2.45) is 0 Å². The van der Waals surface area contributed by atoms with Gasteiger partial charge in [-0.15, -0.1) is 0 Å². The first-order valence-corrected chi connectivity index (χ1v) is 6.93. The maximum atomic E-state index is 9.76. The first-order valence-electron chi connectivity index (χ1n) is 6.93. The molecule has 1 unspecified atom stereocenters. The molecule has 10 heteroatoms. The molecule has 0 aliphatic carbocycles. The highest BCUT2D eigenvalue weighted by molar-refractivity contribution is 4.90. The number of aliphatic hydroxyl groups is 7. The van der Waals surface area contributed by atoms with Crippen molar-refractivity contribution in [3.05, 3.63) is 0 Å². The van der Waals surface area contributed by atoms with Crippen LogP contribution in [-0.4, -0.2) is 104 Å². The van der Waals surface area contributed by atoms with Crippen LogP contribution in [0.5, 0.6) is 0 Å². The van der Waals surface area contributed by atoms with E-state index < -0.39 is 61.4 Å². The van der Waals surface area contributed by atoms with Gasteiger partial charge in [-0.05, 0) is 6.92 Å². The van der Waals surface area contributed by atoms with Crippen molar-refractivity contribution in [2.45, 2.75) is 68.3 Å². The van der Waals surface area contributed by atoms with E-state index in [-0.39, 0.29) is 6.61 Å². The molecule has 22 heavy (non-hydrogen) atoms. The zero-order valence-electron chi connectivity index (χ0n) is 11.8. The fraction of sp³-hybridized carbons (Fsp3) is 1.00. The Labute approximate surface area is 126 Å². The summed E-state index contributed by atoms with van der Waals surface area (Å²) in [5.41, 5.74) is 0. The van der Waals surface area contributed by atoms with Gasteiger partial charge in [0.05, 0.1) is 12.7 Å². The lowest BCUT2D eigenvalue weighted by atomic mass is 9.99. The molecule has 130 valence electrons. The lowest BCUT2D eigenvalue weighted by Crippen LogP contribution is -2.60. The van der Waals surface area contributed by atoms with E-state index in [9.17, 15) is 35.7 Å². The van der Waals surface area contributed by atoms with Crippen LogP contribution in [0.2, 0.25) is 0 Å². The summed E-state index contributed by atoms with van der Waals surface area (Å²) in [6.45, 7) is 1.09. The lowest BCUT2D eigenvalue weighted by Gasteiger charge is -2.41. The van der Waals surface area contributed by atoms with Crippen LogP contribution in [0, 0.1) is 0 Å². The molecular weight excluding hydrogens is 304 g/mol. The molecule has 2 aliphatic rings. The van der Waals surface area contributed by atoms with E-state index in [1.165, 1.54) is 6.92 Å². The molecule has 0 aromatic carbocycles. The largest absolute Gasteiger partial charge is 0.388 e. The molecule has 0 spiro atoms. The average molecular weight is 326 g/mol. The van der Waals surface area contributed by atoms with Crippen LogP contribution in [0.1, 0.15) is 6.92 Å². The molecule has 0 saturated carbocycles. The maximum absolute atomic E-state index is 9.76. The third kappa shape index (κ3) is 3.41. The van der Waals surface area contributed by atoms with Crippen molar-refractivity contribution in [1.82, 2.24) is 0 Å². The minimum Gasteiger partial charge on any atom is -0.388 e. The summed E-state index contributed by atoms with van der Waals surface area (Å²) >= 11 is 0. The number of ether oxygens (including phenoxy) is 3. The molecular formula is C12H22O10. The first-order chi connectivity index (χ1) is 10.2. The number of rotatable bonds is 3. The smallest absolute Gasteiger partial charge is 0.186 e. The summed E-state index contributed by atoms with van der Waals surface area (Å²) in [6.07, 6.45) is -14.0. The Morgan fingerprint density at radius 1 is 0.727 bits per heavy atom. The van der Waals surface area contributed by atoms with Gasteiger partial charge in [-0.2, -0.15) is 0 Å². The molecule has 10 atom stereocenters. The Bertz CT molecular complexity index is 334. The first kappa shape index (κ1) is 17.9. The van der Waals surface area contributed by atoms with Gasteiger partial charge in [0.2, 0.25) is 0 Å². The van der Waals surface area contributed by atoms with Crippen LogP contribution < -0.4 is 0 Å². The minimum absolute atomic E-state index is 0.390. The van der Waals surface area contributed by atoms with Crippen LogP contribution >= 0.6 is 0 Å². The summed E-state index contributed by atoms with van der Waals surface area (Å²) in [5.74, 6) is 0. The van der Waals surface area contributed by atoms with Gasteiger partial charge in [-0.25, -0.2) is 0 Å². The predicted molar refractivity (Wildman–Crippen MR) is 67.2 cm³/mol. The van der Waals surface area contributed by atoms with E-state index in [4.69, 9.17) is 14.2 Å². The fourth-order valence-corrected chi connectivity index (χ4v) is 2.41. The summed E-state index contributed by atoms with van der Waals surface area (Å²) < 4.78 is 15.3. The summed E-state index contributed by atoms with van der Waals surface area (Å²) in [5, 5.41) is 67.0. The predicted octanol–water partition coefficient (Wildman–Crippen LogP) is -4.37. The van der Waals surface area contributed by atoms with Crippen molar-refractivity contribution in [2.75, 3.05) is 6.61 Å². The molecule has 2 heterocycles. The SMILES string of the molecule is C[C@H]1O[C@H](OC[C@H]2OC(O)[C@H](O)[C@@H](O)[C@@H]2O)[C@@H](O)[C@@H](O)[C@@H]1O. The standard InChI is InChI=1S/C12H22O10/c1-3-5(13)7(15)10(18)12(21-3)20-2-4-6(14)8(16)9(17)11(19)22-4/h3-19H,2H2,1H3/t3-,4-,5-,6-,7+,8+,9-,10+,11?,12+/m1/s1. The Kier molecular flexibility index (Phi) is 5.72. The second-order valence-corrected chi connectivity index (χ2v) is 5.55. The Morgan fingerprint density at radius 3 is 1.95 bits per heavy atom. The van der Waals surface area contributed by atoms with E-state index >= 15 is 0 Å². The zero-order valence-corrected chi connectivity index (χ0v) is 11.8. The van der Waals surface area contributed by atoms with Crippen molar-refractivity contribution < 1.29 is 50.0 Å². The van der Waals surface area contributed by atoms with Crippen LogP contribution in [0.3, 0.4) is 0 Å². The van der Waals surface area contributed by atoms with E-state index in [1.54, 1.807) is 0 Å². The molecule has 0 radical (unpaired) electrons. The highest BCUT2D eigenvalue weighted by atomic mass is 16.7. The normalized spacial score (nSPS) is 53.5. The summed E-state index contributed by atoms with van der Waals surface area (Å²) in [6, 6.07) is 0. The van der Waals surface area contributed by atoms with Crippen LogP contribution in [0.15, 0.2) is 0 Å². The van der Waals surface area contributed by atoms with Gasteiger partial charge in [0.1, 0.15) is 42.7 Å². The molecule has 0 amide bonds. The molecule has 2 fully saturated rings. The van der Waals surface area contributed by atoms with E-state index in [0.29, 0.717) is 0 Å². The molecule has 2 rings (SSSR count). The van der Waals surface area contributed by atoms with Crippen LogP contribution in [-0.2, 0) is 14.2 Å². The third-order valence-electron chi connectivity index (χ3n) is 3.92. The summed E-state index contributed by atoms with van der Waals surface area (Å²) in [7, 11) is 0. The van der Waals surface area contributed by atoms with Gasteiger partial charge in [0.25, 0.3) is 0 Å². The third-order valence-corrected chi connectivity index (χ3v) is 3.92. The fourth-order valence-electron chi connectivity index (χ4n) is 2.41. The van der Waals surface area contributed by atoms with Gasteiger partial charge in [-0.1, -0.05) is 0 Å². The number of hydrogen-bond donors (Lipinski definition) is 7. The van der Waals surface area contributed by atoms with Crippen molar-refractivity contribution in [1.29, 1.82) is 0 Å². The average Bonchev–Trinajstić information content (AvgIpc) is 2.49. The van der Waals surface area contributed by atoms with Crippen LogP contribution in [0.25, 0.3) is 0 Å². The maximum Gasteiger partial charge on any atom is 0.186 e. The topological polar surface area (TPSA) is 169 Å². The highest BCUT2D eigenvalue weighted by Gasteiger charge is 2.45. The second kappa shape index (κ2) is 7.01. The molecule has 0 bridgehead atoms. The van der Waals surface area contributed by atoms with Crippen molar-refractivity contribution in [3.63, 3.8) is 0 Å². The Balaban J connectivity index is 1.92. The zero-order chi connectivity index (χ0) is 16.6. The summed E-state index contributed by atoms with van der Waals surface area (Å²) in [4.78, 5) is 0. The van der Waals surface area contributed by atoms with E-state index in [1.807, 2.05) is 0 Å². The monoisotopic (exact) mass is 326 g/mol. The van der Waals surface area contributed by atoms with Gasteiger partial charge in [0.15, 0.2) is 12.6 Å². The number of hydrogen-bond acceptors (Lipinski definition) is 10. The second-order valence-electron chi connectivity index (χ2n) is 5.55. The molecule has 2 saturated heterocycles. The quantitative estimate of drug-likeness (QED) is 0.269. The molecule has 0 aromatic rings. The van der Waals surface area contributed by atoms with Gasteiger partial charge < -0.3 is 50.0 Å². The van der Waals surface area contributed by atoms with Crippen molar-refractivity contribution in [3.8, 4) is 0 Å². The minimum atomic E-state index is -1.70. The Hall–Kier alpha value is -0.400. The van der Waals surface area contributed by atoms with Gasteiger partial charge in [-0.3, -0.25) is 0 Å². The van der Waals surface area contributed by atoms with E-state index in [2.05, 4.69) is 0 Å². The highest BCUT2D eigenvalue weighted by Crippen LogP contribution is 2.24. The van der Waals surface area contributed by atoms with Gasteiger partial charge in [0, 0.05) is 0 Å². The molecule has 10 nitrogen and oxygen atoms in total. The molecule has 0 aromatic heterocycles. The molecule has 2 aliphatic heterocycles.